The Hall–Kier alpha value is -9.20. The van der Waals surface area contributed by atoms with Gasteiger partial charge in [-0.25, -0.2) is 0 Å². The van der Waals surface area contributed by atoms with Gasteiger partial charge < -0.3 is 19.3 Å². The van der Waals surface area contributed by atoms with E-state index in [1.54, 1.807) is 0 Å². The van der Waals surface area contributed by atoms with Gasteiger partial charge in [-0.1, -0.05) is 194 Å². The molecule has 0 saturated carbocycles. The Morgan fingerprint density at radius 2 is 0.513 bits per heavy atom. The molecule has 0 saturated heterocycles. The van der Waals surface area contributed by atoms with Gasteiger partial charge in [-0.3, -0.25) is 0 Å². The van der Waals surface area contributed by atoms with Crippen LogP contribution in [0.15, 0.2) is 279 Å². The molecule has 12 aromatic rings. The predicted molar refractivity (Wildman–Crippen MR) is 313 cm³/mol. The summed E-state index contributed by atoms with van der Waals surface area (Å²) in [5.74, 6) is 3.38. The predicted octanol–water partition coefficient (Wildman–Crippen LogP) is 19.4. The van der Waals surface area contributed by atoms with E-state index in [1.807, 2.05) is 22.7 Å². The lowest BCUT2D eigenvalue weighted by atomic mass is 9.54. The molecule has 0 N–H and O–H groups in total. The molecule has 3 aliphatic rings. The molecule has 0 bridgehead atoms. The first kappa shape index (κ1) is 44.3. The summed E-state index contributed by atoms with van der Waals surface area (Å²) in [5, 5.41) is 2.20. The van der Waals surface area contributed by atoms with Crippen LogP contribution in [0.1, 0.15) is 43.1 Å². The van der Waals surface area contributed by atoms with Gasteiger partial charge in [0.05, 0.1) is 10.8 Å². The molecule has 15 rings (SSSR count). The normalized spacial score (nSPS) is 13.7. The first-order valence-corrected chi connectivity index (χ1v) is 27.4. The maximum atomic E-state index is 7.03. The molecule has 0 amide bonds. The zero-order valence-electron chi connectivity index (χ0n) is 41.1. The minimum Gasteiger partial charge on any atom is -0.457 e. The summed E-state index contributed by atoms with van der Waals surface area (Å²) < 4.78 is 14.1. The van der Waals surface area contributed by atoms with Gasteiger partial charge in [0.1, 0.15) is 33.0 Å². The molecule has 0 radical (unpaired) electrons. The molecule has 2 aromatic heterocycles. The third kappa shape index (κ3) is 6.67. The Labute approximate surface area is 450 Å². The van der Waals surface area contributed by atoms with E-state index in [2.05, 4.69) is 289 Å². The molecule has 2 aliphatic heterocycles. The van der Waals surface area contributed by atoms with Gasteiger partial charge in [0.15, 0.2) is 0 Å². The first-order valence-electron chi connectivity index (χ1n) is 25.7. The van der Waals surface area contributed by atoms with Crippen molar-refractivity contribution >= 4 is 55.4 Å². The van der Waals surface area contributed by atoms with Crippen molar-refractivity contribution in [3.63, 3.8) is 0 Å². The van der Waals surface area contributed by atoms with E-state index < -0.39 is 10.8 Å². The Kier molecular flexibility index (Phi) is 10.3. The SMILES string of the molecule is c1ccc(-c2ccc(N(c3ccccc3)c3cc4c(s3)C3(c5ccccc5Oc5ccccc53)c3cc(N(c5ccccc5)c5ccc(-c6ccccc6)cc5)sc3C43c4ccccc4Oc4ccccc43)cc2)cc1. The maximum absolute atomic E-state index is 7.03. The highest BCUT2D eigenvalue weighted by molar-refractivity contribution is 7.18. The topological polar surface area (TPSA) is 24.9 Å². The number of ether oxygens (including phenoxy) is 2. The Morgan fingerprint density at radius 3 is 0.842 bits per heavy atom. The van der Waals surface area contributed by atoms with Gasteiger partial charge in [0.25, 0.3) is 0 Å². The van der Waals surface area contributed by atoms with E-state index in [4.69, 9.17) is 9.47 Å². The van der Waals surface area contributed by atoms with Crippen LogP contribution in [0, 0.1) is 0 Å². The maximum Gasteiger partial charge on any atom is 0.132 e. The van der Waals surface area contributed by atoms with Crippen LogP contribution in [0.3, 0.4) is 0 Å². The summed E-state index contributed by atoms with van der Waals surface area (Å²) in [6.45, 7) is 0. The van der Waals surface area contributed by atoms with Gasteiger partial charge in [0, 0.05) is 54.8 Å². The molecular formula is C70H46N2O2S2. The second-order valence-electron chi connectivity index (χ2n) is 19.5. The van der Waals surface area contributed by atoms with Gasteiger partial charge >= 0.3 is 0 Å². The van der Waals surface area contributed by atoms with E-state index in [-0.39, 0.29) is 0 Å². The number of nitrogens with zero attached hydrogens (tertiary/aromatic N) is 2. The third-order valence-electron chi connectivity index (χ3n) is 15.5. The van der Waals surface area contributed by atoms with E-state index in [0.717, 1.165) is 78.0 Å². The first-order chi connectivity index (χ1) is 37.7. The lowest BCUT2D eigenvalue weighted by Crippen LogP contribution is -2.45. The van der Waals surface area contributed by atoms with Crippen LogP contribution in [0.5, 0.6) is 23.0 Å². The van der Waals surface area contributed by atoms with Crippen LogP contribution in [0.2, 0.25) is 0 Å². The van der Waals surface area contributed by atoms with Crippen LogP contribution in [0.4, 0.5) is 32.8 Å². The van der Waals surface area contributed by atoms with Crippen LogP contribution in [-0.2, 0) is 10.8 Å². The van der Waals surface area contributed by atoms with Crippen LogP contribution in [0.25, 0.3) is 22.3 Å². The molecule has 2 spiro atoms. The lowest BCUT2D eigenvalue weighted by molar-refractivity contribution is 0.418. The van der Waals surface area contributed by atoms with Crippen molar-refractivity contribution < 1.29 is 9.47 Å². The van der Waals surface area contributed by atoms with Crippen LogP contribution < -0.4 is 19.3 Å². The third-order valence-corrected chi connectivity index (χ3v) is 17.9. The highest BCUT2D eigenvalue weighted by Gasteiger charge is 2.61. The van der Waals surface area contributed by atoms with Crippen molar-refractivity contribution in [1.29, 1.82) is 0 Å². The highest BCUT2D eigenvalue weighted by atomic mass is 32.1. The Bertz CT molecular complexity index is 3710. The molecule has 0 fully saturated rings. The summed E-state index contributed by atoms with van der Waals surface area (Å²) >= 11 is 3.75. The smallest absolute Gasteiger partial charge is 0.132 e. The number of rotatable bonds is 8. The summed E-state index contributed by atoms with van der Waals surface area (Å²) in [5.41, 5.74) is 14.2. The van der Waals surface area contributed by atoms with Crippen LogP contribution >= 0.6 is 22.7 Å². The molecular weight excluding hydrogens is 965 g/mol. The molecule has 6 heteroatoms. The quantitative estimate of drug-likeness (QED) is 0.151. The van der Waals surface area contributed by atoms with Gasteiger partial charge in [-0.15, -0.1) is 22.7 Å². The number of para-hydroxylation sites is 6. The van der Waals surface area contributed by atoms with Crippen LogP contribution in [-0.4, -0.2) is 0 Å². The average molecular weight is 1010 g/mol. The molecule has 4 heterocycles. The van der Waals surface area contributed by atoms with Gasteiger partial charge in [-0.05, 0) is 118 Å². The van der Waals surface area contributed by atoms with E-state index in [0.29, 0.717) is 0 Å². The van der Waals surface area contributed by atoms with Crippen molar-refractivity contribution in [2.24, 2.45) is 0 Å². The number of hydrogen-bond acceptors (Lipinski definition) is 6. The fourth-order valence-corrected chi connectivity index (χ4v) is 15.2. The Morgan fingerprint density at radius 1 is 0.250 bits per heavy atom. The number of fused-ring (bicyclic) bond motifs is 14. The summed E-state index contributed by atoms with van der Waals surface area (Å²) in [6, 6.07) is 101. The van der Waals surface area contributed by atoms with E-state index in [9.17, 15) is 0 Å². The molecule has 76 heavy (non-hydrogen) atoms. The van der Waals surface area contributed by atoms with E-state index in [1.165, 1.54) is 43.1 Å². The molecule has 4 nitrogen and oxygen atoms in total. The highest BCUT2D eigenvalue weighted by Crippen LogP contribution is 2.71. The second-order valence-corrected chi connectivity index (χ2v) is 21.6. The number of anilines is 6. The lowest BCUT2D eigenvalue weighted by Gasteiger charge is -2.50. The Balaban J connectivity index is 1.06. The van der Waals surface area contributed by atoms with E-state index >= 15 is 0 Å². The summed E-state index contributed by atoms with van der Waals surface area (Å²) in [6.07, 6.45) is 0. The molecule has 1 aliphatic carbocycles. The number of hydrogen-bond donors (Lipinski definition) is 0. The standard InChI is InChI=1S/C70H46N2O2S2/c1-5-21-47(22-6-1)49-37-41-53(42-38-49)71(51-25-9-3-10-26-51)65-45-59-67(75-65)70(57-31-15-19-35-63(57)74-64-36-20-16-32-58(64)70)60-46-66(76-68(60)69(59)55-29-13-17-33-61(55)73-62-34-18-14-30-56(62)69)72(52-27-11-4-12-28-52)54-43-39-50(40-44-54)48-23-7-2-8-24-48/h1-46H. The zero-order valence-corrected chi connectivity index (χ0v) is 42.7. The molecule has 0 atom stereocenters. The summed E-state index contributed by atoms with van der Waals surface area (Å²) in [4.78, 5) is 7.36. The van der Waals surface area contributed by atoms with Crippen molar-refractivity contribution in [1.82, 2.24) is 0 Å². The van der Waals surface area contributed by atoms with Crippen molar-refractivity contribution in [3.05, 3.63) is 322 Å². The number of thiophene rings is 2. The van der Waals surface area contributed by atoms with Crippen molar-refractivity contribution in [3.8, 4) is 45.3 Å². The molecule has 360 valence electrons. The minimum absolute atomic E-state index is 0.833. The van der Waals surface area contributed by atoms with Gasteiger partial charge in [0.2, 0.25) is 0 Å². The molecule has 10 aromatic carbocycles. The summed E-state index contributed by atoms with van der Waals surface area (Å²) in [7, 11) is 0. The second kappa shape index (κ2) is 17.7. The minimum atomic E-state index is -0.833. The average Bonchev–Trinajstić information content (AvgIpc) is 4.26. The monoisotopic (exact) mass is 1010 g/mol. The van der Waals surface area contributed by atoms with Crippen molar-refractivity contribution in [2.75, 3.05) is 9.80 Å². The number of benzene rings is 10. The fourth-order valence-electron chi connectivity index (χ4n) is 12.2. The van der Waals surface area contributed by atoms with Crippen molar-refractivity contribution in [2.45, 2.75) is 10.8 Å². The van der Waals surface area contributed by atoms with Gasteiger partial charge in [-0.2, -0.15) is 0 Å². The zero-order chi connectivity index (χ0) is 50.2. The fraction of sp³-hybridized carbons (Fsp3) is 0.0286. The molecule has 0 unspecified atom stereocenters. The largest absolute Gasteiger partial charge is 0.457 e.